The predicted octanol–water partition coefficient (Wildman–Crippen LogP) is 4.11. The second-order valence-electron chi connectivity index (χ2n) is 5.05. The molecule has 0 fully saturated rings. The van der Waals surface area contributed by atoms with Gasteiger partial charge in [-0.25, -0.2) is 4.57 Å². The number of nitrogens with zero attached hydrogens (tertiary/aromatic N) is 1. The van der Waals surface area contributed by atoms with E-state index in [1.165, 1.54) is 0 Å². The monoisotopic (exact) mass is 313 g/mol. The molecule has 0 bridgehead atoms. The number of benzene rings is 1. The quantitative estimate of drug-likeness (QED) is 0.408. The molecule has 21 heavy (non-hydrogen) atoms. The lowest BCUT2D eigenvalue weighted by molar-refractivity contribution is 0.204. The van der Waals surface area contributed by atoms with E-state index in [1.54, 1.807) is 0 Å². The van der Waals surface area contributed by atoms with Crippen LogP contribution in [0, 0.1) is 5.92 Å². The fourth-order valence-electron chi connectivity index (χ4n) is 2.23. The van der Waals surface area contributed by atoms with Gasteiger partial charge in [0.15, 0.2) is 0 Å². The van der Waals surface area contributed by atoms with Crippen LogP contribution in [0.25, 0.3) is 0 Å². The molecule has 0 unspecified atom stereocenters. The van der Waals surface area contributed by atoms with Gasteiger partial charge in [0.25, 0.3) is 0 Å². The average molecular weight is 313 g/mol. The zero-order valence-electron chi connectivity index (χ0n) is 12.6. The second kappa shape index (κ2) is 8.98. The van der Waals surface area contributed by atoms with Crippen LogP contribution in [0.3, 0.4) is 0 Å². The van der Waals surface area contributed by atoms with Gasteiger partial charge in [0.05, 0.1) is 5.71 Å². The molecule has 0 aliphatic carbocycles. The van der Waals surface area contributed by atoms with E-state index in [0.717, 1.165) is 31.2 Å². The average Bonchev–Trinajstić information content (AvgIpc) is 2.46. The molecule has 0 aliphatic rings. The highest BCUT2D eigenvalue weighted by Gasteiger charge is 2.16. The van der Waals surface area contributed by atoms with Crippen molar-refractivity contribution in [2.45, 2.75) is 46.0 Å². The second-order valence-corrected chi connectivity index (χ2v) is 6.20. The highest BCUT2D eigenvalue weighted by atomic mass is 31.2. The normalized spacial score (nSPS) is 12.7. The number of rotatable bonds is 9. The van der Waals surface area contributed by atoms with Gasteiger partial charge >= 0.3 is 7.82 Å². The SMILES string of the molecule is CCC(CC)CCCC(=NOP(=O)(O)O)c1ccccc1. The van der Waals surface area contributed by atoms with Gasteiger partial charge < -0.3 is 0 Å². The zero-order chi connectivity index (χ0) is 15.7. The van der Waals surface area contributed by atoms with Crippen LogP contribution in [0.2, 0.25) is 0 Å². The summed E-state index contributed by atoms with van der Waals surface area (Å²) in [6.07, 6.45) is 4.93. The molecule has 0 aliphatic heterocycles. The van der Waals surface area contributed by atoms with E-state index in [0.29, 0.717) is 18.1 Å². The van der Waals surface area contributed by atoms with Crippen molar-refractivity contribution >= 4 is 13.5 Å². The largest absolute Gasteiger partial charge is 0.545 e. The van der Waals surface area contributed by atoms with Crippen molar-refractivity contribution in [2.75, 3.05) is 0 Å². The molecule has 1 aromatic rings. The lowest BCUT2D eigenvalue weighted by atomic mass is 9.95. The van der Waals surface area contributed by atoms with Crippen LogP contribution >= 0.6 is 7.82 Å². The van der Waals surface area contributed by atoms with Gasteiger partial charge in [0.1, 0.15) is 0 Å². The summed E-state index contributed by atoms with van der Waals surface area (Å²) in [5, 5.41) is 3.67. The Morgan fingerprint density at radius 3 is 2.38 bits per heavy atom. The molecule has 6 heteroatoms. The summed E-state index contributed by atoms with van der Waals surface area (Å²) in [5.41, 5.74) is 1.40. The van der Waals surface area contributed by atoms with Crippen LogP contribution in [0.5, 0.6) is 0 Å². The van der Waals surface area contributed by atoms with Crippen molar-refractivity contribution in [2.24, 2.45) is 11.1 Å². The predicted molar refractivity (Wildman–Crippen MR) is 84.0 cm³/mol. The first-order chi connectivity index (χ1) is 9.96. The number of hydrogen-bond acceptors (Lipinski definition) is 3. The smallest absolute Gasteiger partial charge is 0.292 e. The summed E-state index contributed by atoms with van der Waals surface area (Å²) in [6.45, 7) is 4.36. The van der Waals surface area contributed by atoms with Crippen molar-refractivity contribution in [1.82, 2.24) is 0 Å². The molecule has 0 saturated carbocycles. The molecular formula is C15H24NO4P. The molecule has 0 spiro atoms. The van der Waals surface area contributed by atoms with Crippen LogP contribution in [0.1, 0.15) is 51.5 Å². The lowest BCUT2D eigenvalue weighted by Crippen LogP contribution is -2.04. The summed E-state index contributed by atoms with van der Waals surface area (Å²) in [5.74, 6) is 0.685. The first-order valence-corrected chi connectivity index (χ1v) is 8.85. The van der Waals surface area contributed by atoms with E-state index in [1.807, 2.05) is 30.3 Å². The first kappa shape index (κ1) is 17.9. The summed E-state index contributed by atoms with van der Waals surface area (Å²) in [6, 6.07) is 9.33. The molecule has 0 saturated heterocycles. The van der Waals surface area contributed by atoms with Gasteiger partial charge in [-0.3, -0.25) is 14.4 Å². The van der Waals surface area contributed by atoms with Gasteiger partial charge in [0, 0.05) is 0 Å². The molecule has 5 nitrogen and oxygen atoms in total. The third-order valence-electron chi connectivity index (χ3n) is 3.55. The Morgan fingerprint density at radius 1 is 1.24 bits per heavy atom. The zero-order valence-corrected chi connectivity index (χ0v) is 13.5. The molecular weight excluding hydrogens is 289 g/mol. The van der Waals surface area contributed by atoms with Crippen molar-refractivity contribution in [3.05, 3.63) is 35.9 Å². The maximum Gasteiger partial charge on any atom is 0.545 e. The Bertz CT molecular complexity index is 480. The molecule has 0 atom stereocenters. The van der Waals surface area contributed by atoms with Gasteiger partial charge in [-0.05, 0) is 24.3 Å². The van der Waals surface area contributed by atoms with Gasteiger partial charge in [0.2, 0.25) is 0 Å². The lowest BCUT2D eigenvalue weighted by Gasteiger charge is -2.12. The van der Waals surface area contributed by atoms with Crippen LogP contribution < -0.4 is 0 Å². The van der Waals surface area contributed by atoms with Crippen molar-refractivity contribution in [1.29, 1.82) is 0 Å². The summed E-state index contributed by atoms with van der Waals surface area (Å²) < 4.78 is 15.1. The minimum atomic E-state index is -4.59. The van der Waals surface area contributed by atoms with E-state index < -0.39 is 7.82 Å². The minimum Gasteiger partial charge on any atom is -0.292 e. The standard InChI is InChI=1S/C15H24NO4P/c1-3-13(4-2)9-8-12-15(16-20-21(17,18)19)14-10-6-5-7-11-14/h5-7,10-11,13H,3-4,8-9,12H2,1-2H3,(H2,17,18,19). The highest BCUT2D eigenvalue weighted by molar-refractivity contribution is 7.46. The van der Waals surface area contributed by atoms with Gasteiger partial charge in [-0.1, -0.05) is 68.6 Å². The van der Waals surface area contributed by atoms with Crippen LogP contribution in [-0.2, 0) is 9.19 Å². The maximum atomic E-state index is 10.8. The molecule has 0 heterocycles. The molecule has 1 rings (SSSR count). The third kappa shape index (κ3) is 7.42. The van der Waals surface area contributed by atoms with Gasteiger partial charge in [-0.2, -0.15) is 0 Å². The third-order valence-corrected chi connectivity index (χ3v) is 3.84. The Balaban J connectivity index is 2.72. The fourth-order valence-corrected chi connectivity index (χ4v) is 2.44. The molecule has 2 N–H and O–H groups in total. The Kier molecular flexibility index (Phi) is 7.65. The van der Waals surface area contributed by atoms with E-state index in [4.69, 9.17) is 9.79 Å². The molecule has 0 aromatic heterocycles. The van der Waals surface area contributed by atoms with E-state index in [9.17, 15) is 4.57 Å². The Morgan fingerprint density at radius 2 is 1.86 bits per heavy atom. The molecule has 1 aromatic carbocycles. The van der Waals surface area contributed by atoms with Crippen molar-refractivity contribution in [3.63, 3.8) is 0 Å². The minimum absolute atomic E-state index is 0.574. The fraction of sp³-hybridized carbons (Fsp3) is 0.533. The van der Waals surface area contributed by atoms with E-state index in [-0.39, 0.29) is 0 Å². The summed E-state index contributed by atoms with van der Waals surface area (Å²) in [7, 11) is -4.59. The Hall–Kier alpha value is -1.16. The molecule has 0 radical (unpaired) electrons. The van der Waals surface area contributed by atoms with E-state index in [2.05, 4.69) is 23.6 Å². The highest BCUT2D eigenvalue weighted by Crippen LogP contribution is 2.36. The number of phosphoric acid groups is 1. The van der Waals surface area contributed by atoms with Crippen molar-refractivity contribution in [3.8, 4) is 0 Å². The molecule has 118 valence electrons. The topological polar surface area (TPSA) is 79.1 Å². The van der Waals surface area contributed by atoms with Crippen LogP contribution in [0.4, 0.5) is 0 Å². The molecule has 0 amide bonds. The summed E-state index contributed by atoms with van der Waals surface area (Å²) >= 11 is 0. The number of hydrogen-bond donors (Lipinski definition) is 2. The maximum absolute atomic E-state index is 10.8. The first-order valence-electron chi connectivity index (χ1n) is 7.32. The number of oxime groups is 1. The van der Waals surface area contributed by atoms with Gasteiger partial charge in [-0.15, -0.1) is 0 Å². The van der Waals surface area contributed by atoms with Crippen molar-refractivity contribution < 1.29 is 19.0 Å². The van der Waals surface area contributed by atoms with Crippen LogP contribution in [0.15, 0.2) is 35.5 Å². The van der Waals surface area contributed by atoms with Crippen LogP contribution in [-0.4, -0.2) is 15.5 Å². The summed E-state index contributed by atoms with van der Waals surface area (Å²) in [4.78, 5) is 17.6. The van der Waals surface area contributed by atoms with E-state index >= 15 is 0 Å². The Labute approximate surface area is 126 Å².